The van der Waals surface area contributed by atoms with Crippen LogP contribution in [0.25, 0.3) is 28.2 Å². The fourth-order valence-electron chi connectivity index (χ4n) is 3.62. The van der Waals surface area contributed by atoms with Gasteiger partial charge in [-0.2, -0.15) is 5.21 Å². The minimum absolute atomic E-state index is 0.0508. The van der Waals surface area contributed by atoms with E-state index in [2.05, 4.69) is 36.0 Å². The molecule has 0 unspecified atom stereocenters. The van der Waals surface area contributed by atoms with Gasteiger partial charge in [-0.1, -0.05) is 36.4 Å². The van der Waals surface area contributed by atoms with E-state index in [4.69, 9.17) is 0 Å². The first-order valence-corrected chi connectivity index (χ1v) is 10.6. The lowest BCUT2D eigenvalue weighted by Gasteiger charge is -2.07. The smallest absolute Gasteiger partial charge is 0.299 e. The Labute approximate surface area is 197 Å². The third-order valence-corrected chi connectivity index (χ3v) is 5.50. The fourth-order valence-corrected chi connectivity index (χ4v) is 3.62. The molecule has 2 heterocycles. The van der Waals surface area contributed by atoms with Gasteiger partial charge in [-0.05, 0) is 54.5 Å². The van der Waals surface area contributed by atoms with Crippen LogP contribution in [-0.2, 0) is 0 Å². The van der Waals surface area contributed by atoms with Crippen LogP contribution < -0.4 is 5.56 Å². The number of phenols is 1. The number of tetrazole rings is 1. The number of hydrogen-bond donors (Lipinski definition) is 3. The van der Waals surface area contributed by atoms with E-state index in [1.54, 1.807) is 44.2 Å². The van der Waals surface area contributed by atoms with E-state index in [-0.39, 0.29) is 17.1 Å². The second kappa shape index (κ2) is 8.78. The number of hydrogen-bond acceptors (Lipinski definition) is 7. The predicted octanol–water partition coefficient (Wildman–Crippen LogP) is 4.89. The Kier molecular flexibility index (Phi) is 5.49. The van der Waals surface area contributed by atoms with E-state index in [1.165, 1.54) is 10.7 Å². The summed E-state index contributed by atoms with van der Waals surface area (Å²) in [6.07, 6.45) is 0. The molecule has 174 valence electrons. The summed E-state index contributed by atoms with van der Waals surface area (Å²) < 4.78 is 15.2. The average Bonchev–Trinajstić information content (AvgIpc) is 3.49. The number of benzene rings is 3. The van der Waals surface area contributed by atoms with Gasteiger partial charge < -0.3 is 5.11 Å². The second-order valence-electron chi connectivity index (χ2n) is 7.85. The van der Waals surface area contributed by atoms with Gasteiger partial charge in [0, 0.05) is 11.1 Å². The number of rotatable bonds is 5. The lowest BCUT2D eigenvalue weighted by molar-refractivity contribution is 0.478. The molecule has 0 saturated heterocycles. The largest absolute Gasteiger partial charge is 0.505 e. The lowest BCUT2D eigenvalue weighted by atomic mass is 10.0. The van der Waals surface area contributed by atoms with E-state index >= 15 is 0 Å². The van der Waals surface area contributed by atoms with Crippen LogP contribution in [0.15, 0.2) is 75.7 Å². The molecule has 5 rings (SSSR count). The molecule has 0 radical (unpaired) electrons. The molecule has 5 aromatic rings. The van der Waals surface area contributed by atoms with Crippen molar-refractivity contribution in [3.63, 3.8) is 0 Å². The first kappa shape index (κ1) is 21.9. The highest BCUT2D eigenvalue weighted by Gasteiger charge is 2.15. The van der Waals surface area contributed by atoms with Gasteiger partial charge >= 0.3 is 0 Å². The zero-order chi connectivity index (χ0) is 24.5. The first-order chi connectivity index (χ1) is 16.9. The Morgan fingerprint density at radius 2 is 1.80 bits per heavy atom. The summed E-state index contributed by atoms with van der Waals surface area (Å²) in [4.78, 5) is 12.9. The van der Waals surface area contributed by atoms with Gasteiger partial charge in [0.1, 0.15) is 11.5 Å². The fraction of sp³-hybridized carbons (Fsp3) is 0.0833. The number of aromatic hydroxyl groups is 1. The molecule has 3 N–H and O–H groups in total. The molecule has 0 amide bonds. The molecule has 0 aliphatic carbocycles. The monoisotopic (exact) mass is 470 g/mol. The normalized spacial score (nSPS) is 11.4. The third kappa shape index (κ3) is 4.10. The zero-order valence-corrected chi connectivity index (χ0v) is 18.7. The number of phenolic OH excluding ortho intramolecular Hbond substituents is 1. The number of para-hydroxylation sites is 1. The van der Waals surface area contributed by atoms with E-state index < -0.39 is 11.4 Å². The maximum atomic E-state index is 14.0. The number of aromatic nitrogens is 6. The standard InChI is InChI=1S/C24H19FN8O2/c1-13-9-10-17(12-19(13)25)33-24(35)21(14(2)30-33)27-26-20-8-4-7-18(22(20)34)15-5-3-6-16(11-15)23-28-31-32-29-23/h3-12,30,34H,1-2H3,(H,28,29,31,32). The summed E-state index contributed by atoms with van der Waals surface area (Å²) >= 11 is 0. The highest BCUT2D eigenvalue weighted by Crippen LogP contribution is 2.38. The van der Waals surface area contributed by atoms with Gasteiger partial charge in [-0.25, -0.2) is 9.07 Å². The van der Waals surface area contributed by atoms with E-state index in [0.717, 1.165) is 5.56 Å². The van der Waals surface area contributed by atoms with Crippen LogP contribution in [-0.4, -0.2) is 35.5 Å². The molecule has 11 heteroatoms. The summed E-state index contributed by atoms with van der Waals surface area (Å²) in [5, 5.41) is 35.9. The van der Waals surface area contributed by atoms with Gasteiger partial charge in [0.25, 0.3) is 5.56 Å². The zero-order valence-electron chi connectivity index (χ0n) is 18.7. The van der Waals surface area contributed by atoms with E-state index in [0.29, 0.717) is 33.9 Å². The van der Waals surface area contributed by atoms with Crippen LogP contribution >= 0.6 is 0 Å². The summed E-state index contributed by atoms with van der Waals surface area (Å²) in [7, 11) is 0. The summed E-state index contributed by atoms with van der Waals surface area (Å²) in [6.45, 7) is 3.31. The number of H-pyrrole nitrogens is 2. The van der Waals surface area contributed by atoms with Gasteiger partial charge in [0.15, 0.2) is 11.4 Å². The summed E-state index contributed by atoms with van der Waals surface area (Å²) in [5.41, 5.74) is 2.96. The van der Waals surface area contributed by atoms with Crippen molar-refractivity contribution in [1.82, 2.24) is 30.4 Å². The Morgan fingerprint density at radius 1 is 1.00 bits per heavy atom. The molecule has 35 heavy (non-hydrogen) atoms. The van der Waals surface area contributed by atoms with Gasteiger partial charge in [-0.15, -0.1) is 20.4 Å². The van der Waals surface area contributed by atoms with E-state index in [1.807, 2.05) is 24.3 Å². The topological polar surface area (TPSA) is 137 Å². The Balaban J connectivity index is 1.49. The molecular weight excluding hydrogens is 451 g/mol. The third-order valence-electron chi connectivity index (χ3n) is 5.50. The van der Waals surface area contributed by atoms with Gasteiger partial charge in [-0.3, -0.25) is 9.89 Å². The Bertz CT molecular complexity index is 1620. The molecule has 0 fully saturated rings. The van der Waals surface area contributed by atoms with Crippen LogP contribution in [0.2, 0.25) is 0 Å². The van der Waals surface area contributed by atoms with Crippen molar-refractivity contribution in [2.75, 3.05) is 0 Å². The van der Waals surface area contributed by atoms with E-state index in [9.17, 15) is 14.3 Å². The van der Waals surface area contributed by atoms with Crippen molar-refractivity contribution in [2.45, 2.75) is 13.8 Å². The number of nitrogens with one attached hydrogen (secondary N) is 2. The molecule has 3 aromatic carbocycles. The summed E-state index contributed by atoms with van der Waals surface area (Å²) in [5.74, 6) is -0.0968. The molecule has 0 spiro atoms. The van der Waals surface area contributed by atoms with Gasteiger partial charge in [0.05, 0.1) is 11.4 Å². The van der Waals surface area contributed by atoms with Gasteiger partial charge in [0.2, 0.25) is 5.82 Å². The highest BCUT2D eigenvalue weighted by molar-refractivity contribution is 5.78. The van der Waals surface area contributed by atoms with Crippen LogP contribution in [0.4, 0.5) is 15.8 Å². The first-order valence-electron chi connectivity index (χ1n) is 10.6. The Morgan fingerprint density at radius 3 is 2.57 bits per heavy atom. The molecular formula is C24H19FN8O2. The SMILES string of the molecule is Cc1ccc(-n2[nH]c(C)c(N=Nc3cccc(-c4cccc(-c5nn[nH]n5)c4)c3O)c2=O)cc1F. The molecule has 0 aliphatic heterocycles. The highest BCUT2D eigenvalue weighted by atomic mass is 19.1. The van der Waals surface area contributed by atoms with Crippen molar-refractivity contribution in [3.8, 4) is 34.0 Å². The van der Waals surface area contributed by atoms with Crippen LogP contribution in [0.3, 0.4) is 0 Å². The molecule has 10 nitrogen and oxygen atoms in total. The average molecular weight is 470 g/mol. The van der Waals surface area contributed by atoms with Crippen LogP contribution in [0.5, 0.6) is 5.75 Å². The molecule has 0 bridgehead atoms. The quantitative estimate of drug-likeness (QED) is 0.314. The summed E-state index contributed by atoms with van der Waals surface area (Å²) in [6, 6.07) is 16.8. The Hall–Kier alpha value is -4.93. The van der Waals surface area contributed by atoms with Crippen LogP contribution in [0.1, 0.15) is 11.3 Å². The number of azo groups is 1. The lowest BCUT2D eigenvalue weighted by Crippen LogP contribution is -2.14. The maximum Gasteiger partial charge on any atom is 0.299 e. The van der Waals surface area contributed by atoms with Crippen molar-refractivity contribution < 1.29 is 9.50 Å². The molecule has 0 saturated carbocycles. The van der Waals surface area contributed by atoms with Crippen molar-refractivity contribution in [2.24, 2.45) is 10.2 Å². The molecule has 0 atom stereocenters. The van der Waals surface area contributed by atoms with Crippen molar-refractivity contribution in [1.29, 1.82) is 0 Å². The van der Waals surface area contributed by atoms with Crippen molar-refractivity contribution in [3.05, 3.63) is 88.1 Å². The van der Waals surface area contributed by atoms with Crippen LogP contribution in [0, 0.1) is 19.7 Å². The molecule has 0 aliphatic rings. The van der Waals surface area contributed by atoms with Crippen molar-refractivity contribution >= 4 is 11.4 Å². The predicted molar refractivity (Wildman–Crippen MR) is 127 cm³/mol. The number of aromatic amines is 2. The minimum atomic E-state index is -0.488. The molecule has 2 aromatic heterocycles. The minimum Gasteiger partial charge on any atom is -0.505 e. The second-order valence-corrected chi connectivity index (χ2v) is 7.85. The number of halogens is 1. The maximum absolute atomic E-state index is 14.0. The number of aryl methyl sites for hydroxylation is 2. The number of nitrogens with zero attached hydrogens (tertiary/aromatic N) is 6.